The highest BCUT2D eigenvalue weighted by Gasteiger charge is 2.46. The second-order valence-corrected chi connectivity index (χ2v) is 7.93. The van der Waals surface area contributed by atoms with Gasteiger partial charge in [0, 0.05) is 0 Å². The molecule has 100 valence electrons. The molecule has 1 N–H and O–H groups in total. The maximum atomic E-state index is 12.1. The molecule has 1 saturated heterocycles. The summed E-state index contributed by atoms with van der Waals surface area (Å²) < 4.78 is -0.337. The van der Waals surface area contributed by atoms with Crippen molar-refractivity contribution in [1.29, 1.82) is 0 Å². The summed E-state index contributed by atoms with van der Waals surface area (Å²) in [6, 6.07) is 0.473. The van der Waals surface area contributed by atoms with E-state index in [4.69, 9.17) is 4.99 Å². The largest absolute Gasteiger partial charge is 0.304 e. The van der Waals surface area contributed by atoms with E-state index in [1.165, 1.54) is 25.7 Å². The zero-order valence-electron chi connectivity index (χ0n) is 11.4. The lowest BCUT2D eigenvalue weighted by atomic mass is 9.96. The van der Waals surface area contributed by atoms with E-state index >= 15 is 0 Å². The van der Waals surface area contributed by atoms with Gasteiger partial charge >= 0.3 is 0 Å². The van der Waals surface area contributed by atoms with Crippen LogP contribution in [0.25, 0.3) is 0 Å². The summed E-state index contributed by atoms with van der Waals surface area (Å²) in [5.41, 5.74) is 0. The third kappa shape index (κ3) is 1.89. The Balaban J connectivity index is 1.74. The lowest BCUT2D eigenvalue weighted by Crippen LogP contribution is -2.38. The van der Waals surface area contributed by atoms with Gasteiger partial charge in [0.1, 0.15) is 4.75 Å². The molecule has 18 heavy (non-hydrogen) atoms. The van der Waals surface area contributed by atoms with Gasteiger partial charge in [-0.15, -0.1) is 0 Å². The molecule has 1 unspecified atom stereocenters. The fourth-order valence-electron chi connectivity index (χ4n) is 3.45. The summed E-state index contributed by atoms with van der Waals surface area (Å²) in [6.07, 6.45) is 5.34. The van der Waals surface area contributed by atoms with Gasteiger partial charge in [-0.3, -0.25) is 9.79 Å². The van der Waals surface area contributed by atoms with E-state index in [9.17, 15) is 4.79 Å². The zero-order chi connectivity index (χ0) is 12.9. The Hall–Kier alpha value is -0.510. The molecule has 2 aliphatic carbocycles. The van der Waals surface area contributed by atoms with E-state index < -0.39 is 0 Å². The fourth-order valence-corrected chi connectivity index (χ4v) is 4.57. The first-order valence-corrected chi connectivity index (χ1v) is 7.89. The van der Waals surface area contributed by atoms with Gasteiger partial charge in [-0.05, 0) is 43.9 Å². The zero-order valence-corrected chi connectivity index (χ0v) is 12.2. The molecule has 0 spiro atoms. The number of amidine groups is 1. The van der Waals surface area contributed by atoms with E-state index in [0.717, 1.165) is 17.0 Å². The van der Waals surface area contributed by atoms with Gasteiger partial charge < -0.3 is 5.32 Å². The Kier molecular flexibility index (Phi) is 2.96. The number of nitrogens with one attached hydrogen (secondary N) is 1. The summed E-state index contributed by atoms with van der Waals surface area (Å²) in [5, 5.41) is 3.86. The van der Waals surface area contributed by atoms with Crippen LogP contribution in [0.1, 0.15) is 46.5 Å². The van der Waals surface area contributed by atoms with E-state index in [1.807, 2.05) is 6.92 Å². The predicted molar refractivity (Wildman–Crippen MR) is 75.6 cm³/mol. The first-order chi connectivity index (χ1) is 8.49. The highest BCUT2D eigenvalue weighted by molar-refractivity contribution is 8.16. The second kappa shape index (κ2) is 4.26. The molecule has 3 rings (SSSR count). The van der Waals surface area contributed by atoms with Crippen LogP contribution in [0.5, 0.6) is 0 Å². The minimum atomic E-state index is -0.337. The summed E-state index contributed by atoms with van der Waals surface area (Å²) in [7, 11) is 0. The number of carbonyl (C=O) groups excluding carboxylic acids is 1. The van der Waals surface area contributed by atoms with Crippen LogP contribution < -0.4 is 5.32 Å². The maximum Gasteiger partial charge on any atom is 0.242 e. The third-order valence-electron chi connectivity index (χ3n) is 5.07. The van der Waals surface area contributed by atoms with Crippen molar-refractivity contribution in [3.63, 3.8) is 0 Å². The van der Waals surface area contributed by atoms with Crippen LogP contribution in [0.2, 0.25) is 0 Å². The highest BCUT2D eigenvalue weighted by atomic mass is 32.2. The molecule has 0 radical (unpaired) electrons. The second-order valence-electron chi connectivity index (χ2n) is 6.49. The van der Waals surface area contributed by atoms with Crippen LogP contribution in [-0.4, -0.2) is 21.9 Å². The average Bonchev–Trinajstić information content (AvgIpc) is 2.95. The summed E-state index contributed by atoms with van der Waals surface area (Å²) in [5.74, 6) is 2.15. The monoisotopic (exact) mass is 266 g/mol. The molecule has 0 aromatic carbocycles. The third-order valence-corrected chi connectivity index (χ3v) is 6.55. The van der Waals surface area contributed by atoms with Crippen LogP contribution in [0, 0.1) is 17.8 Å². The van der Waals surface area contributed by atoms with Gasteiger partial charge in [0.25, 0.3) is 0 Å². The van der Waals surface area contributed by atoms with Crippen molar-refractivity contribution in [2.24, 2.45) is 22.7 Å². The topological polar surface area (TPSA) is 41.5 Å². The van der Waals surface area contributed by atoms with Crippen molar-refractivity contribution >= 4 is 22.8 Å². The van der Waals surface area contributed by atoms with Crippen molar-refractivity contribution in [2.45, 2.75) is 57.2 Å². The number of hydrogen-bond donors (Lipinski definition) is 1. The van der Waals surface area contributed by atoms with Crippen LogP contribution in [0.15, 0.2) is 4.99 Å². The fraction of sp³-hybridized carbons (Fsp3) is 0.857. The number of carbonyl (C=O) groups is 1. The Morgan fingerprint density at radius 2 is 2.17 bits per heavy atom. The smallest absolute Gasteiger partial charge is 0.242 e. The van der Waals surface area contributed by atoms with E-state index in [2.05, 4.69) is 19.2 Å². The van der Waals surface area contributed by atoms with Crippen LogP contribution in [-0.2, 0) is 4.79 Å². The molecular weight excluding hydrogens is 244 g/mol. The quantitative estimate of drug-likeness (QED) is 0.835. The van der Waals surface area contributed by atoms with Crippen LogP contribution in [0.4, 0.5) is 0 Å². The van der Waals surface area contributed by atoms with Crippen LogP contribution in [0.3, 0.4) is 0 Å². The summed E-state index contributed by atoms with van der Waals surface area (Å²) >= 11 is 1.63. The first-order valence-electron chi connectivity index (χ1n) is 7.07. The Labute approximate surface area is 113 Å². The van der Waals surface area contributed by atoms with Crippen molar-refractivity contribution < 1.29 is 4.79 Å². The molecule has 0 aromatic heterocycles. The number of aliphatic imine (C=N–C) groups is 1. The van der Waals surface area contributed by atoms with Crippen molar-refractivity contribution in [3.8, 4) is 0 Å². The lowest BCUT2D eigenvalue weighted by molar-refractivity contribution is -0.122. The first kappa shape index (κ1) is 12.5. The van der Waals surface area contributed by atoms with Gasteiger partial charge in [-0.25, -0.2) is 0 Å². The molecule has 3 aliphatic rings. The molecular formula is C14H22N2OS. The molecule has 1 amide bonds. The highest BCUT2D eigenvalue weighted by Crippen LogP contribution is 2.47. The Bertz CT molecular complexity index is 407. The Morgan fingerprint density at radius 1 is 1.39 bits per heavy atom. The van der Waals surface area contributed by atoms with E-state index in [-0.39, 0.29) is 10.7 Å². The summed E-state index contributed by atoms with van der Waals surface area (Å²) in [4.78, 5) is 16.9. The minimum Gasteiger partial charge on any atom is -0.304 e. The summed E-state index contributed by atoms with van der Waals surface area (Å²) in [6.45, 7) is 6.24. The molecule has 3 nitrogen and oxygen atoms in total. The molecule has 1 aliphatic heterocycles. The molecule has 4 atom stereocenters. The molecule has 2 saturated carbocycles. The number of hydrogen-bond acceptors (Lipinski definition) is 3. The van der Waals surface area contributed by atoms with Crippen molar-refractivity contribution in [3.05, 3.63) is 0 Å². The average molecular weight is 266 g/mol. The number of nitrogens with zero attached hydrogens (tertiary/aromatic N) is 1. The van der Waals surface area contributed by atoms with Gasteiger partial charge in [0.15, 0.2) is 5.17 Å². The lowest BCUT2D eigenvalue weighted by Gasteiger charge is -2.23. The van der Waals surface area contributed by atoms with Gasteiger partial charge in [-0.1, -0.05) is 32.0 Å². The number of amides is 1. The number of thioether (sulfide) groups is 1. The number of rotatable bonds is 2. The predicted octanol–water partition coefficient (Wildman–Crippen LogP) is 2.81. The van der Waals surface area contributed by atoms with E-state index in [0.29, 0.717) is 12.0 Å². The molecule has 2 bridgehead atoms. The van der Waals surface area contributed by atoms with E-state index in [1.54, 1.807) is 11.8 Å². The van der Waals surface area contributed by atoms with Gasteiger partial charge in [0.05, 0.1) is 6.04 Å². The molecule has 4 heteroatoms. The van der Waals surface area contributed by atoms with Gasteiger partial charge in [-0.2, -0.15) is 0 Å². The van der Waals surface area contributed by atoms with Crippen molar-refractivity contribution in [2.75, 3.05) is 0 Å². The van der Waals surface area contributed by atoms with Crippen LogP contribution >= 0.6 is 11.8 Å². The standard InChI is InChI=1S/C14H22N2OS/c1-8(2)14(3)12(17)16-13(18-14)15-11-7-9-4-5-10(11)6-9/h8-11H,4-7H2,1-3H3,(H,15,16,17)/t9-,10?,11-,14-/m0/s1. The SMILES string of the molecule is CC(C)[C@]1(C)SC(=N[C@H]2C[C@H]3CCC2C3)NC1=O. The minimum absolute atomic E-state index is 0.129. The number of fused-ring (bicyclic) bond motifs is 2. The molecule has 1 heterocycles. The molecule has 0 aromatic rings. The van der Waals surface area contributed by atoms with Gasteiger partial charge in [0.2, 0.25) is 5.91 Å². The Morgan fingerprint density at radius 3 is 2.67 bits per heavy atom. The van der Waals surface area contributed by atoms with Crippen molar-refractivity contribution in [1.82, 2.24) is 5.32 Å². The normalized spacial score (nSPS) is 45.2. The maximum absolute atomic E-state index is 12.1. The molecule has 3 fully saturated rings.